The topological polar surface area (TPSA) is 71.1 Å². The number of urea groups is 1. The number of carbonyl (C=O) groups excluding carboxylic acids is 2. The Labute approximate surface area is 146 Å². The highest BCUT2D eigenvalue weighted by Gasteiger charge is 2.30. The van der Waals surface area contributed by atoms with Crippen LogP contribution in [0.5, 0.6) is 0 Å². The van der Waals surface area contributed by atoms with Crippen molar-refractivity contribution < 1.29 is 19.1 Å². The van der Waals surface area contributed by atoms with E-state index in [-0.39, 0.29) is 18.2 Å². The van der Waals surface area contributed by atoms with Gasteiger partial charge in [-0.1, -0.05) is 0 Å². The predicted octanol–water partition coefficient (Wildman–Crippen LogP) is 1.72. The van der Waals surface area contributed by atoms with E-state index in [9.17, 15) is 9.59 Å². The van der Waals surface area contributed by atoms with Gasteiger partial charge in [-0.25, -0.2) is 4.79 Å². The fourth-order valence-corrected chi connectivity index (χ4v) is 3.73. The van der Waals surface area contributed by atoms with Crippen LogP contribution < -0.4 is 15.1 Å². The number of nitrogens with zero attached hydrogens (tertiary/aromatic N) is 2. The molecule has 0 spiro atoms. The molecule has 7 heteroatoms. The molecule has 1 N–H and O–H groups in total. The van der Waals surface area contributed by atoms with Crippen molar-refractivity contribution in [3.05, 3.63) is 24.3 Å². The molecule has 7 nitrogen and oxygen atoms in total. The summed E-state index contributed by atoms with van der Waals surface area (Å²) < 4.78 is 11.3. The second-order valence-electron chi connectivity index (χ2n) is 6.71. The molecule has 3 fully saturated rings. The molecule has 25 heavy (non-hydrogen) atoms. The van der Waals surface area contributed by atoms with Gasteiger partial charge in [0.05, 0.1) is 13.2 Å². The molecule has 0 radical (unpaired) electrons. The van der Waals surface area contributed by atoms with Crippen molar-refractivity contribution in [2.24, 2.45) is 5.92 Å². The number of imide groups is 1. The highest BCUT2D eigenvalue weighted by Crippen LogP contribution is 2.29. The molecule has 3 heterocycles. The lowest BCUT2D eigenvalue weighted by atomic mass is 9.96. The van der Waals surface area contributed by atoms with Gasteiger partial charge >= 0.3 is 6.03 Å². The van der Waals surface area contributed by atoms with Crippen molar-refractivity contribution in [2.45, 2.75) is 25.6 Å². The van der Waals surface area contributed by atoms with Crippen molar-refractivity contribution in [1.82, 2.24) is 5.32 Å². The zero-order valence-corrected chi connectivity index (χ0v) is 14.1. The van der Waals surface area contributed by atoms with Crippen LogP contribution in [-0.2, 0) is 14.3 Å². The van der Waals surface area contributed by atoms with Crippen LogP contribution in [0.25, 0.3) is 0 Å². The molecular formula is C18H23N3O4. The van der Waals surface area contributed by atoms with Crippen LogP contribution in [0.3, 0.4) is 0 Å². The van der Waals surface area contributed by atoms with Crippen molar-refractivity contribution in [3.63, 3.8) is 0 Å². The first-order valence-electron chi connectivity index (χ1n) is 8.90. The molecule has 134 valence electrons. The molecule has 0 bridgehead atoms. The Kier molecular flexibility index (Phi) is 4.59. The highest BCUT2D eigenvalue weighted by molar-refractivity contribution is 6.05. The van der Waals surface area contributed by atoms with Gasteiger partial charge in [-0.2, -0.15) is 0 Å². The predicted molar refractivity (Wildman–Crippen MR) is 92.6 cm³/mol. The van der Waals surface area contributed by atoms with E-state index in [1.54, 1.807) is 4.90 Å². The van der Waals surface area contributed by atoms with Gasteiger partial charge in [0.1, 0.15) is 0 Å². The third kappa shape index (κ3) is 3.48. The number of anilines is 2. The summed E-state index contributed by atoms with van der Waals surface area (Å²) in [4.78, 5) is 27.1. The van der Waals surface area contributed by atoms with E-state index >= 15 is 0 Å². The SMILES string of the molecule is O=C1CCN(c2ccc(N3CCC(C4OCCO4)CC3)cc2)C(=O)N1. The number of ether oxygens (including phenoxy) is 2. The molecule has 1 aromatic rings. The molecule has 3 aliphatic rings. The summed E-state index contributed by atoms with van der Waals surface area (Å²) in [6, 6.07) is 7.63. The largest absolute Gasteiger partial charge is 0.372 e. The van der Waals surface area contributed by atoms with Gasteiger partial charge in [0.2, 0.25) is 5.91 Å². The van der Waals surface area contributed by atoms with E-state index in [4.69, 9.17) is 9.47 Å². The minimum absolute atomic E-state index is 0.0233. The van der Waals surface area contributed by atoms with E-state index in [2.05, 4.69) is 10.2 Å². The number of piperidine rings is 1. The Balaban J connectivity index is 1.36. The molecule has 0 atom stereocenters. The van der Waals surface area contributed by atoms with Gasteiger partial charge in [-0.05, 0) is 37.1 Å². The van der Waals surface area contributed by atoms with Crippen LogP contribution in [0.1, 0.15) is 19.3 Å². The molecule has 4 rings (SSSR count). The van der Waals surface area contributed by atoms with E-state index in [0.29, 0.717) is 32.1 Å². The van der Waals surface area contributed by atoms with Crippen LogP contribution in [-0.4, -0.2) is 51.1 Å². The highest BCUT2D eigenvalue weighted by atomic mass is 16.7. The Morgan fingerprint density at radius 3 is 2.20 bits per heavy atom. The lowest BCUT2D eigenvalue weighted by Gasteiger charge is -2.35. The zero-order valence-electron chi connectivity index (χ0n) is 14.1. The van der Waals surface area contributed by atoms with Crippen LogP contribution in [0, 0.1) is 5.92 Å². The van der Waals surface area contributed by atoms with Gasteiger partial charge in [-0.15, -0.1) is 0 Å². The second kappa shape index (κ2) is 7.01. The molecule has 3 saturated heterocycles. The molecule has 3 amide bonds. The number of nitrogens with one attached hydrogen (secondary N) is 1. The average molecular weight is 345 g/mol. The Morgan fingerprint density at radius 1 is 0.920 bits per heavy atom. The summed E-state index contributed by atoms with van der Waals surface area (Å²) in [5.74, 6) is 0.267. The number of hydrogen-bond acceptors (Lipinski definition) is 5. The number of hydrogen-bond donors (Lipinski definition) is 1. The Morgan fingerprint density at radius 2 is 1.56 bits per heavy atom. The lowest BCUT2D eigenvalue weighted by Crippen LogP contribution is -2.49. The normalized spacial score (nSPS) is 23.2. The van der Waals surface area contributed by atoms with E-state index in [0.717, 1.165) is 37.3 Å². The summed E-state index contributed by atoms with van der Waals surface area (Å²) in [7, 11) is 0. The molecule has 0 aromatic heterocycles. The molecular weight excluding hydrogens is 322 g/mol. The molecule has 3 aliphatic heterocycles. The summed E-state index contributed by atoms with van der Waals surface area (Å²) in [5, 5.41) is 2.35. The third-order valence-electron chi connectivity index (χ3n) is 5.15. The number of amides is 3. The summed E-state index contributed by atoms with van der Waals surface area (Å²) in [6.07, 6.45) is 2.43. The number of benzene rings is 1. The molecule has 0 saturated carbocycles. The van der Waals surface area contributed by atoms with Crippen LogP contribution >= 0.6 is 0 Å². The smallest absolute Gasteiger partial charge is 0.328 e. The van der Waals surface area contributed by atoms with Crippen molar-refractivity contribution in [1.29, 1.82) is 0 Å². The maximum atomic E-state index is 11.9. The molecule has 1 aromatic carbocycles. The Bertz CT molecular complexity index is 634. The lowest BCUT2D eigenvalue weighted by molar-refractivity contribution is -0.120. The average Bonchev–Trinajstić information content (AvgIpc) is 3.17. The van der Waals surface area contributed by atoms with Gasteiger partial charge < -0.3 is 14.4 Å². The molecule has 0 unspecified atom stereocenters. The zero-order chi connectivity index (χ0) is 17.2. The van der Waals surface area contributed by atoms with E-state index in [1.165, 1.54) is 0 Å². The van der Waals surface area contributed by atoms with E-state index in [1.807, 2.05) is 24.3 Å². The van der Waals surface area contributed by atoms with Crippen molar-refractivity contribution in [2.75, 3.05) is 42.6 Å². The first-order chi connectivity index (χ1) is 12.2. The standard InChI is InChI=1S/C18H23N3O4/c22-16-7-10-21(18(23)19-16)15-3-1-14(2-4-15)20-8-5-13(6-9-20)17-24-11-12-25-17/h1-4,13,17H,5-12H2,(H,19,22,23). The third-order valence-corrected chi connectivity index (χ3v) is 5.15. The van der Waals surface area contributed by atoms with Gasteiger partial charge in [0.15, 0.2) is 6.29 Å². The maximum Gasteiger partial charge on any atom is 0.328 e. The summed E-state index contributed by atoms with van der Waals surface area (Å²) in [5.41, 5.74) is 1.97. The van der Waals surface area contributed by atoms with Crippen LogP contribution in [0.15, 0.2) is 24.3 Å². The Hall–Kier alpha value is -2.12. The van der Waals surface area contributed by atoms with Gasteiger partial charge in [-0.3, -0.25) is 15.0 Å². The van der Waals surface area contributed by atoms with Crippen LogP contribution in [0.4, 0.5) is 16.2 Å². The summed E-state index contributed by atoms with van der Waals surface area (Å²) >= 11 is 0. The maximum absolute atomic E-state index is 11.9. The first kappa shape index (κ1) is 16.4. The fraction of sp³-hybridized carbons (Fsp3) is 0.556. The molecule has 0 aliphatic carbocycles. The first-order valence-corrected chi connectivity index (χ1v) is 8.90. The second-order valence-corrected chi connectivity index (χ2v) is 6.71. The number of carbonyl (C=O) groups is 2. The van der Waals surface area contributed by atoms with Gasteiger partial charge in [0.25, 0.3) is 0 Å². The summed E-state index contributed by atoms with van der Waals surface area (Å²) in [6.45, 7) is 3.80. The van der Waals surface area contributed by atoms with Gasteiger partial charge in [0, 0.05) is 43.3 Å². The number of rotatable bonds is 3. The van der Waals surface area contributed by atoms with E-state index < -0.39 is 0 Å². The van der Waals surface area contributed by atoms with Crippen LogP contribution in [0.2, 0.25) is 0 Å². The monoisotopic (exact) mass is 345 g/mol. The quantitative estimate of drug-likeness (QED) is 0.903. The minimum Gasteiger partial charge on any atom is -0.372 e. The van der Waals surface area contributed by atoms with Crippen molar-refractivity contribution >= 4 is 23.3 Å². The van der Waals surface area contributed by atoms with Crippen molar-refractivity contribution in [3.8, 4) is 0 Å². The minimum atomic E-state index is -0.346. The fourth-order valence-electron chi connectivity index (χ4n) is 3.73.